The van der Waals surface area contributed by atoms with Gasteiger partial charge in [-0.15, -0.1) is 16.4 Å². The molecule has 5 nitrogen and oxygen atoms in total. The Morgan fingerprint density at radius 2 is 2.33 bits per heavy atom. The predicted octanol–water partition coefficient (Wildman–Crippen LogP) is 2.14. The molecule has 0 saturated heterocycles. The minimum Gasteiger partial charge on any atom is -0.397 e. The zero-order chi connectivity index (χ0) is 13.3. The van der Waals surface area contributed by atoms with E-state index >= 15 is 0 Å². The molecule has 0 aliphatic carbocycles. The molecule has 0 radical (unpaired) electrons. The molecule has 0 fully saturated rings. The van der Waals surface area contributed by atoms with Crippen LogP contribution in [0.4, 0.5) is 5.69 Å². The highest BCUT2D eigenvalue weighted by Crippen LogP contribution is 2.32. The predicted molar refractivity (Wildman–Crippen MR) is 73.7 cm³/mol. The number of nitrogen functional groups attached to an aromatic ring is 1. The van der Waals surface area contributed by atoms with E-state index in [0.29, 0.717) is 15.4 Å². The van der Waals surface area contributed by atoms with Gasteiger partial charge in [0.15, 0.2) is 0 Å². The van der Waals surface area contributed by atoms with Crippen molar-refractivity contribution in [3.8, 4) is 0 Å². The maximum Gasteiger partial charge on any atom is 0.266 e. The fraction of sp³-hybridized carbons (Fsp3) is 0.417. The summed E-state index contributed by atoms with van der Waals surface area (Å²) in [6.45, 7) is 4.06. The molecule has 6 heteroatoms. The van der Waals surface area contributed by atoms with Crippen LogP contribution in [0.25, 0.3) is 10.2 Å². The van der Waals surface area contributed by atoms with Crippen molar-refractivity contribution < 1.29 is 4.79 Å². The molecule has 96 valence electrons. The first-order valence-electron chi connectivity index (χ1n) is 5.83. The average molecular weight is 264 g/mol. The molecular weight excluding hydrogens is 248 g/mol. The summed E-state index contributed by atoms with van der Waals surface area (Å²) in [4.78, 5) is 15.3. The number of carbonyl (C=O) groups is 1. The second-order valence-electron chi connectivity index (χ2n) is 4.27. The number of thiophene rings is 1. The van der Waals surface area contributed by atoms with Crippen LogP contribution in [-0.2, 0) is 0 Å². The van der Waals surface area contributed by atoms with Gasteiger partial charge in [0.05, 0.1) is 11.9 Å². The normalized spacial score (nSPS) is 12.6. The topological polar surface area (TPSA) is 72.1 Å². The molecule has 18 heavy (non-hydrogen) atoms. The van der Waals surface area contributed by atoms with Crippen LogP contribution < -0.4 is 5.73 Å². The Labute approximate surface area is 110 Å². The molecule has 2 aromatic heterocycles. The number of hydrogen-bond donors (Lipinski definition) is 1. The van der Waals surface area contributed by atoms with Crippen molar-refractivity contribution in [2.75, 3.05) is 12.8 Å². The molecule has 0 spiro atoms. The lowest BCUT2D eigenvalue weighted by Crippen LogP contribution is -2.34. The Morgan fingerprint density at radius 1 is 1.61 bits per heavy atom. The number of hydrogen-bond acceptors (Lipinski definition) is 5. The molecule has 1 atom stereocenters. The van der Waals surface area contributed by atoms with Gasteiger partial charge in [0.2, 0.25) is 0 Å². The molecule has 0 aliphatic rings. The molecule has 1 unspecified atom stereocenters. The molecule has 1 amide bonds. The Bertz CT molecular complexity index is 580. The van der Waals surface area contributed by atoms with Gasteiger partial charge in [-0.05, 0) is 19.4 Å². The highest BCUT2D eigenvalue weighted by atomic mass is 32.1. The first-order chi connectivity index (χ1) is 8.56. The van der Waals surface area contributed by atoms with Crippen LogP contribution >= 0.6 is 11.3 Å². The maximum absolute atomic E-state index is 12.3. The van der Waals surface area contributed by atoms with E-state index in [0.717, 1.165) is 11.8 Å². The van der Waals surface area contributed by atoms with Crippen molar-refractivity contribution in [1.82, 2.24) is 15.1 Å². The lowest BCUT2D eigenvalue weighted by Gasteiger charge is -2.23. The fourth-order valence-electron chi connectivity index (χ4n) is 1.67. The van der Waals surface area contributed by atoms with Gasteiger partial charge >= 0.3 is 0 Å². The quantitative estimate of drug-likeness (QED) is 0.922. The molecule has 2 N–H and O–H groups in total. The molecule has 0 bridgehead atoms. The van der Waals surface area contributed by atoms with Crippen molar-refractivity contribution in [2.24, 2.45) is 0 Å². The van der Waals surface area contributed by atoms with Gasteiger partial charge < -0.3 is 10.6 Å². The van der Waals surface area contributed by atoms with Crippen LogP contribution in [0.15, 0.2) is 12.3 Å². The number of carbonyl (C=O) groups excluding carboxylic acids is 1. The smallest absolute Gasteiger partial charge is 0.266 e. The van der Waals surface area contributed by atoms with E-state index in [2.05, 4.69) is 10.2 Å². The third kappa shape index (κ3) is 2.03. The summed E-state index contributed by atoms with van der Waals surface area (Å²) in [5.74, 6) is -0.0511. The lowest BCUT2D eigenvalue weighted by atomic mass is 10.2. The molecule has 0 aliphatic heterocycles. The average Bonchev–Trinajstić information content (AvgIpc) is 2.74. The van der Waals surface area contributed by atoms with Crippen LogP contribution in [0.2, 0.25) is 0 Å². The first-order valence-corrected chi connectivity index (χ1v) is 6.64. The van der Waals surface area contributed by atoms with Gasteiger partial charge in [0, 0.05) is 18.5 Å². The number of fused-ring (bicyclic) bond motifs is 1. The zero-order valence-electron chi connectivity index (χ0n) is 10.7. The summed E-state index contributed by atoms with van der Waals surface area (Å²) in [5, 5.41) is 8.59. The van der Waals surface area contributed by atoms with E-state index in [9.17, 15) is 4.79 Å². The zero-order valence-corrected chi connectivity index (χ0v) is 11.5. The Balaban J connectivity index is 2.42. The highest BCUT2D eigenvalue weighted by molar-refractivity contribution is 7.21. The Morgan fingerprint density at radius 3 is 2.94 bits per heavy atom. The number of aromatic nitrogens is 2. The van der Waals surface area contributed by atoms with Gasteiger partial charge in [-0.25, -0.2) is 0 Å². The molecular formula is C12H16N4OS. The van der Waals surface area contributed by atoms with E-state index in [4.69, 9.17) is 5.73 Å². The fourth-order valence-corrected chi connectivity index (χ4v) is 2.69. The molecule has 2 rings (SSSR count). The number of nitrogens with zero attached hydrogens (tertiary/aromatic N) is 3. The van der Waals surface area contributed by atoms with Crippen LogP contribution in [0, 0.1) is 0 Å². The van der Waals surface area contributed by atoms with Gasteiger partial charge in [-0.3, -0.25) is 4.79 Å². The second kappa shape index (κ2) is 4.89. The van der Waals surface area contributed by atoms with Crippen LogP contribution in [-0.4, -0.2) is 34.1 Å². The van der Waals surface area contributed by atoms with E-state index in [1.807, 2.05) is 13.8 Å². The third-order valence-electron chi connectivity index (χ3n) is 3.19. The van der Waals surface area contributed by atoms with E-state index in [1.165, 1.54) is 11.3 Å². The summed E-state index contributed by atoms with van der Waals surface area (Å²) in [5.41, 5.74) is 6.52. The summed E-state index contributed by atoms with van der Waals surface area (Å²) in [7, 11) is 1.80. The van der Waals surface area contributed by atoms with Gasteiger partial charge in [-0.1, -0.05) is 6.92 Å². The van der Waals surface area contributed by atoms with Crippen LogP contribution in [0.3, 0.4) is 0 Å². The SMILES string of the molecule is CCC(C)N(C)C(=O)c1sc2nnccc2c1N. The molecule has 2 heterocycles. The first kappa shape index (κ1) is 12.8. The highest BCUT2D eigenvalue weighted by Gasteiger charge is 2.22. The van der Waals surface area contributed by atoms with Gasteiger partial charge in [0.25, 0.3) is 5.91 Å². The number of rotatable bonds is 3. The largest absolute Gasteiger partial charge is 0.397 e. The van der Waals surface area contributed by atoms with Crippen molar-refractivity contribution in [2.45, 2.75) is 26.3 Å². The van der Waals surface area contributed by atoms with Crippen molar-refractivity contribution >= 4 is 33.1 Å². The molecule has 2 aromatic rings. The van der Waals surface area contributed by atoms with Crippen molar-refractivity contribution in [3.05, 3.63) is 17.1 Å². The second-order valence-corrected chi connectivity index (χ2v) is 5.27. The van der Waals surface area contributed by atoms with Crippen molar-refractivity contribution in [3.63, 3.8) is 0 Å². The maximum atomic E-state index is 12.3. The van der Waals surface area contributed by atoms with E-state index < -0.39 is 0 Å². The van der Waals surface area contributed by atoms with E-state index in [-0.39, 0.29) is 11.9 Å². The summed E-state index contributed by atoms with van der Waals surface area (Å²) < 4.78 is 0. The van der Waals surface area contributed by atoms with Gasteiger partial charge in [0.1, 0.15) is 9.71 Å². The monoisotopic (exact) mass is 264 g/mol. The standard InChI is InChI=1S/C12H16N4OS/c1-4-7(2)16(3)12(17)10-9(13)8-5-6-14-15-11(8)18-10/h5-7H,4,13H2,1-3H3. The number of amides is 1. The number of anilines is 1. The summed E-state index contributed by atoms with van der Waals surface area (Å²) in [6.07, 6.45) is 2.49. The number of nitrogens with two attached hydrogens (primary N) is 1. The molecule has 0 saturated carbocycles. The van der Waals surface area contributed by atoms with Crippen LogP contribution in [0.1, 0.15) is 29.9 Å². The lowest BCUT2D eigenvalue weighted by molar-refractivity contribution is 0.0746. The Hall–Kier alpha value is -1.69. The Kier molecular flexibility index (Phi) is 3.47. The third-order valence-corrected chi connectivity index (χ3v) is 4.28. The van der Waals surface area contributed by atoms with Crippen molar-refractivity contribution in [1.29, 1.82) is 0 Å². The minimum absolute atomic E-state index is 0.0511. The summed E-state index contributed by atoms with van der Waals surface area (Å²) in [6, 6.07) is 1.97. The molecule has 0 aromatic carbocycles. The minimum atomic E-state index is -0.0511. The summed E-state index contributed by atoms with van der Waals surface area (Å²) >= 11 is 1.30. The van der Waals surface area contributed by atoms with Gasteiger partial charge in [-0.2, -0.15) is 5.10 Å². The van der Waals surface area contributed by atoms with E-state index in [1.54, 1.807) is 24.2 Å². The van der Waals surface area contributed by atoms with Crippen LogP contribution in [0.5, 0.6) is 0 Å².